The van der Waals surface area contributed by atoms with Crippen molar-refractivity contribution in [2.24, 2.45) is 5.73 Å². The van der Waals surface area contributed by atoms with Crippen molar-refractivity contribution in [2.45, 2.75) is 12.8 Å². The van der Waals surface area contributed by atoms with Gasteiger partial charge in [0.05, 0.1) is 10.5 Å². The van der Waals surface area contributed by atoms with Crippen molar-refractivity contribution in [3.8, 4) is 11.1 Å². The van der Waals surface area contributed by atoms with Gasteiger partial charge in [-0.3, -0.25) is 10.1 Å². The molecule has 22 heavy (non-hydrogen) atoms. The molecule has 2 rings (SSSR count). The molecule has 3 N–H and O–H groups in total. The number of non-ortho nitro benzene ring substituents is 1. The number of benzene rings is 2. The van der Waals surface area contributed by atoms with Crippen LogP contribution in [0.2, 0.25) is 0 Å². The third kappa shape index (κ3) is 3.29. The summed E-state index contributed by atoms with van der Waals surface area (Å²) < 4.78 is 0. The van der Waals surface area contributed by atoms with Gasteiger partial charge in [0.15, 0.2) is 0 Å². The minimum atomic E-state index is -1.01. The third-order valence-electron chi connectivity index (χ3n) is 3.41. The number of hydrogen-bond donors (Lipinski definition) is 2. The highest BCUT2D eigenvalue weighted by atomic mass is 16.6. The molecule has 0 heterocycles. The van der Waals surface area contributed by atoms with Gasteiger partial charge in [-0.25, -0.2) is 4.79 Å². The van der Waals surface area contributed by atoms with Crippen LogP contribution in [0.15, 0.2) is 42.5 Å². The molecule has 0 aliphatic rings. The van der Waals surface area contributed by atoms with Crippen LogP contribution in [0.5, 0.6) is 0 Å². The normalized spacial score (nSPS) is 10.4. The standard InChI is InChI=1S/C16H16N2O4/c17-9-3-8-14-13(6-2-7-15(14)16(19)20)11-4-1-5-12(10-11)18(21)22/h1-2,4-7,10H,3,8-9,17H2,(H,19,20). The van der Waals surface area contributed by atoms with E-state index in [0.29, 0.717) is 36.1 Å². The second kappa shape index (κ2) is 6.82. The summed E-state index contributed by atoms with van der Waals surface area (Å²) >= 11 is 0. The molecule has 0 saturated heterocycles. The minimum absolute atomic E-state index is 0.0250. The summed E-state index contributed by atoms with van der Waals surface area (Å²) in [6.07, 6.45) is 1.16. The maximum absolute atomic E-state index is 11.4. The lowest BCUT2D eigenvalue weighted by Crippen LogP contribution is -2.07. The van der Waals surface area contributed by atoms with Gasteiger partial charge < -0.3 is 10.8 Å². The largest absolute Gasteiger partial charge is 0.478 e. The van der Waals surface area contributed by atoms with Crippen molar-refractivity contribution in [1.82, 2.24) is 0 Å². The zero-order valence-electron chi connectivity index (χ0n) is 11.9. The molecule has 0 saturated carbocycles. The first kappa shape index (κ1) is 15.7. The smallest absolute Gasteiger partial charge is 0.335 e. The first-order valence-corrected chi connectivity index (χ1v) is 6.84. The SMILES string of the molecule is NCCCc1c(C(=O)O)cccc1-c1cccc([N+](=O)[O-])c1. The fourth-order valence-electron chi connectivity index (χ4n) is 2.39. The number of carboxylic acid groups (broad SMARTS) is 1. The minimum Gasteiger partial charge on any atom is -0.478 e. The number of nitro groups is 1. The van der Waals surface area contributed by atoms with Crippen LogP contribution in [0.4, 0.5) is 5.69 Å². The molecule has 0 aliphatic carbocycles. The van der Waals surface area contributed by atoms with Gasteiger partial charge in [0.2, 0.25) is 0 Å². The van der Waals surface area contributed by atoms with E-state index in [2.05, 4.69) is 0 Å². The predicted octanol–water partition coefficient (Wildman–Crippen LogP) is 2.85. The van der Waals surface area contributed by atoms with E-state index < -0.39 is 10.9 Å². The summed E-state index contributed by atoms with van der Waals surface area (Å²) in [5.41, 5.74) is 7.67. The quantitative estimate of drug-likeness (QED) is 0.630. The highest BCUT2D eigenvalue weighted by molar-refractivity contribution is 5.92. The molecule has 6 nitrogen and oxygen atoms in total. The van der Waals surface area contributed by atoms with E-state index in [4.69, 9.17) is 5.73 Å². The zero-order valence-corrected chi connectivity index (χ0v) is 11.9. The van der Waals surface area contributed by atoms with E-state index in [1.54, 1.807) is 24.3 Å². The fraction of sp³-hybridized carbons (Fsp3) is 0.188. The Hall–Kier alpha value is -2.73. The molecular weight excluding hydrogens is 284 g/mol. The molecule has 2 aromatic rings. The molecule has 0 amide bonds. The first-order valence-electron chi connectivity index (χ1n) is 6.84. The van der Waals surface area contributed by atoms with Gasteiger partial charge in [-0.15, -0.1) is 0 Å². The number of nitrogens with zero attached hydrogens (tertiary/aromatic N) is 1. The number of carbonyl (C=O) groups is 1. The number of nitrogens with two attached hydrogens (primary N) is 1. The molecule has 2 aromatic carbocycles. The lowest BCUT2D eigenvalue weighted by molar-refractivity contribution is -0.384. The number of hydrogen-bond acceptors (Lipinski definition) is 4. The van der Waals surface area contributed by atoms with Crippen molar-refractivity contribution in [3.63, 3.8) is 0 Å². The molecular formula is C16H16N2O4. The third-order valence-corrected chi connectivity index (χ3v) is 3.41. The van der Waals surface area contributed by atoms with E-state index in [0.717, 1.165) is 0 Å². The lowest BCUT2D eigenvalue weighted by atomic mass is 9.92. The average Bonchev–Trinajstić information content (AvgIpc) is 2.52. The molecule has 6 heteroatoms. The van der Waals surface area contributed by atoms with Gasteiger partial charge in [0.1, 0.15) is 0 Å². The molecule has 114 valence electrons. The average molecular weight is 300 g/mol. The van der Waals surface area contributed by atoms with Gasteiger partial charge in [-0.05, 0) is 42.1 Å². The Labute approximate surface area is 127 Å². The van der Waals surface area contributed by atoms with Crippen molar-refractivity contribution < 1.29 is 14.8 Å². The van der Waals surface area contributed by atoms with Crippen molar-refractivity contribution in [1.29, 1.82) is 0 Å². The lowest BCUT2D eigenvalue weighted by Gasteiger charge is -2.12. The molecule has 0 aromatic heterocycles. The van der Waals surface area contributed by atoms with Crippen LogP contribution >= 0.6 is 0 Å². The van der Waals surface area contributed by atoms with E-state index >= 15 is 0 Å². The molecule has 0 spiro atoms. The van der Waals surface area contributed by atoms with Crippen LogP contribution < -0.4 is 5.73 Å². The van der Waals surface area contributed by atoms with Crippen LogP contribution in [0.3, 0.4) is 0 Å². The number of aromatic carboxylic acids is 1. The van der Waals surface area contributed by atoms with Crippen LogP contribution in [-0.4, -0.2) is 22.5 Å². The Morgan fingerprint density at radius 1 is 1.23 bits per heavy atom. The number of rotatable bonds is 6. The van der Waals surface area contributed by atoms with Crippen molar-refractivity contribution in [2.75, 3.05) is 6.54 Å². The molecule has 0 radical (unpaired) electrons. The van der Waals surface area contributed by atoms with Crippen LogP contribution in [0, 0.1) is 10.1 Å². The van der Waals surface area contributed by atoms with Gasteiger partial charge in [-0.1, -0.05) is 24.3 Å². The number of carboxylic acids is 1. The van der Waals surface area contributed by atoms with E-state index in [9.17, 15) is 20.0 Å². The van der Waals surface area contributed by atoms with Crippen LogP contribution in [0.1, 0.15) is 22.3 Å². The summed E-state index contributed by atoms with van der Waals surface area (Å²) in [4.78, 5) is 21.8. The highest BCUT2D eigenvalue weighted by Gasteiger charge is 2.16. The topological polar surface area (TPSA) is 106 Å². The Balaban J connectivity index is 2.58. The van der Waals surface area contributed by atoms with E-state index in [-0.39, 0.29) is 11.3 Å². The van der Waals surface area contributed by atoms with Gasteiger partial charge in [0.25, 0.3) is 5.69 Å². The maximum Gasteiger partial charge on any atom is 0.335 e. The summed E-state index contributed by atoms with van der Waals surface area (Å²) in [6.45, 7) is 0.447. The Kier molecular flexibility index (Phi) is 4.85. The molecule has 0 unspecified atom stereocenters. The van der Waals surface area contributed by atoms with Crippen molar-refractivity contribution >= 4 is 11.7 Å². The van der Waals surface area contributed by atoms with Gasteiger partial charge >= 0.3 is 5.97 Å². The van der Waals surface area contributed by atoms with Gasteiger partial charge in [0, 0.05) is 12.1 Å². The fourth-order valence-corrected chi connectivity index (χ4v) is 2.39. The number of nitro benzene ring substituents is 1. The van der Waals surface area contributed by atoms with E-state index in [1.165, 1.54) is 18.2 Å². The maximum atomic E-state index is 11.4. The molecule has 0 fully saturated rings. The van der Waals surface area contributed by atoms with E-state index in [1.807, 2.05) is 0 Å². The monoisotopic (exact) mass is 300 g/mol. The second-order valence-corrected chi connectivity index (χ2v) is 4.84. The zero-order chi connectivity index (χ0) is 16.1. The predicted molar refractivity (Wildman–Crippen MR) is 82.9 cm³/mol. The first-order chi connectivity index (χ1) is 10.5. The van der Waals surface area contributed by atoms with Gasteiger partial charge in [-0.2, -0.15) is 0 Å². The molecule has 0 aliphatic heterocycles. The summed E-state index contributed by atoms with van der Waals surface area (Å²) in [5.74, 6) is -1.01. The molecule has 0 bridgehead atoms. The summed E-state index contributed by atoms with van der Waals surface area (Å²) in [7, 11) is 0. The van der Waals surface area contributed by atoms with Crippen LogP contribution in [-0.2, 0) is 6.42 Å². The highest BCUT2D eigenvalue weighted by Crippen LogP contribution is 2.30. The molecule has 0 atom stereocenters. The Bertz CT molecular complexity index is 713. The Morgan fingerprint density at radius 3 is 2.59 bits per heavy atom. The Morgan fingerprint density at radius 2 is 1.95 bits per heavy atom. The summed E-state index contributed by atoms with van der Waals surface area (Å²) in [6, 6.07) is 11.1. The summed E-state index contributed by atoms with van der Waals surface area (Å²) in [5, 5.41) is 20.3. The van der Waals surface area contributed by atoms with Crippen LogP contribution in [0.25, 0.3) is 11.1 Å². The van der Waals surface area contributed by atoms with Crippen molar-refractivity contribution in [3.05, 3.63) is 63.7 Å². The second-order valence-electron chi connectivity index (χ2n) is 4.84.